The maximum atomic E-state index is 15.3. The summed E-state index contributed by atoms with van der Waals surface area (Å²) < 4.78 is 36.1. The van der Waals surface area contributed by atoms with E-state index in [0.29, 0.717) is 17.7 Å². The van der Waals surface area contributed by atoms with Gasteiger partial charge in [-0.1, -0.05) is 24.3 Å². The van der Waals surface area contributed by atoms with E-state index in [0.717, 1.165) is 18.4 Å². The summed E-state index contributed by atoms with van der Waals surface area (Å²) in [5.41, 5.74) is 6.50. The molecule has 4 amide bonds. The number of carbonyl (C=O) groups is 4. The molecule has 1 aliphatic carbocycles. The minimum absolute atomic E-state index is 0.00329. The second kappa shape index (κ2) is 10.4. The van der Waals surface area contributed by atoms with E-state index >= 15 is 8.78 Å². The Balaban J connectivity index is 1.34. The number of carbonyl (C=O) groups excluding carboxylic acids is 4. The molecule has 2 heterocycles. The monoisotopic (exact) mass is 568 g/mol. The predicted molar refractivity (Wildman–Crippen MR) is 147 cm³/mol. The van der Waals surface area contributed by atoms with Crippen LogP contribution in [0.1, 0.15) is 51.2 Å². The molecule has 2 aromatic carbocycles. The zero-order chi connectivity index (χ0) is 29.8. The molecular weight excluding hydrogens is 534 g/mol. The summed E-state index contributed by atoms with van der Waals surface area (Å²) in [5, 5.41) is 2.58. The predicted octanol–water partition coefficient (Wildman–Crippen LogP) is 3.45. The fraction of sp³-hybridized carbons (Fsp3) is 0.467. The molecule has 4 atom stereocenters. The first kappa shape index (κ1) is 28.5. The summed E-state index contributed by atoms with van der Waals surface area (Å²) in [6, 6.07) is 5.40. The number of rotatable bonds is 6. The standard InChI is InChI=1S/C30H34F2N4O5/c1-30(2,3)41-29(40)36-19-9-7-18(11-19)26(36)28(39)34-21(27(33)38)12-17-8-10-20(25(32)24(17)31)15-5-6-16-14-23(37)35(4)22(16)13-15/h5-6,8,10,13,18-19,21,26H,7,9,11-12,14H2,1-4H3,(H2,33,38)(H,34,39)/t18?,19-,21+,26+/m1/s1. The number of nitrogens with one attached hydrogen (secondary N) is 1. The Kier molecular flexibility index (Phi) is 7.25. The molecule has 2 aliphatic heterocycles. The number of primary amides is 1. The Hall–Kier alpha value is -4.02. The van der Waals surface area contributed by atoms with Gasteiger partial charge in [-0.3, -0.25) is 19.3 Å². The highest BCUT2D eigenvalue weighted by atomic mass is 19.2. The normalized spacial score (nSPS) is 22.1. The van der Waals surface area contributed by atoms with Gasteiger partial charge in [0.05, 0.1) is 6.42 Å². The zero-order valence-electron chi connectivity index (χ0n) is 23.5. The van der Waals surface area contributed by atoms with E-state index in [1.165, 1.54) is 21.9 Å². The lowest BCUT2D eigenvalue weighted by molar-refractivity contribution is -0.132. The van der Waals surface area contributed by atoms with Gasteiger partial charge in [-0.25, -0.2) is 13.6 Å². The van der Waals surface area contributed by atoms with Crippen molar-refractivity contribution in [1.82, 2.24) is 10.2 Å². The summed E-state index contributed by atoms with van der Waals surface area (Å²) in [7, 11) is 1.62. The molecule has 218 valence electrons. The Morgan fingerprint density at radius 1 is 1.12 bits per heavy atom. The van der Waals surface area contributed by atoms with Crippen LogP contribution in [0.2, 0.25) is 0 Å². The smallest absolute Gasteiger partial charge is 0.411 e. The summed E-state index contributed by atoms with van der Waals surface area (Å²) in [6.07, 6.45) is 1.41. The van der Waals surface area contributed by atoms with E-state index in [9.17, 15) is 19.2 Å². The maximum absolute atomic E-state index is 15.3. The van der Waals surface area contributed by atoms with Gasteiger partial charge in [0, 0.05) is 30.8 Å². The molecule has 2 fully saturated rings. The van der Waals surface area contributed by atoms with E-state index in [1.54, 1.807) is 46.0 Å². The average Bonchev–Trinajstić information content (AvgIpc) is 3.59. The molecule has 2 aromatic rings. The van der Waals surface area contributed by atoms with Crippen LogP contribution < -0.4 is 16.0 Å². The lowest BCUT2D eigenvalue weighted by atomic mass is 9.96. The van der Waals surface area contributed by atoms with Crippen LogP contribution in [0.5, 0.6) is 0 Å². The fourth-order valence-corrected chi connectivity index (χ4v) is 6.18. The fourth-order valence-electron chi connectivity index (χ4n) is 6.18. The van der Waals surface area contributed by atoms with Gasteiger partial charge < -0.3 is 20.7 Å². The Bertz CT molecular complexity index is 1440. The molecule has 1 saturated carbocycles. The van der Waals surface area contributed by atoms with E-state index in [-0.39, 0.29) is 41.8 Å². The third kappa shape index (κ3) is 5.37. The number of likely N-dealkylation sites (N-methyl/N-ethyl adjacent to an activating group) is 1. The van der Waals surface area contributed by atoms with Gasteiger partial charge in [0.25, 0.3) is 0 Å². The quantitative estimate of drug-likeness (QED) is 0.553. The number of likely N-dealkylation sites (tertiary alicyclic amines) is 1. The summed E-state index contributed by atoms with van der Waals surface area (Å²) in [6.45, 7) is 5.21. The van der Waals surface area contributed by atoms with E-state index in [1.807, 2.05) is 0 Å². The van der Waals surface area contributed by atoms with Gasteiger partial charge in [-0.2, -0.15) is 0 Å². The number of halogens is 2. The topological polar surface area (TPSA) is 122 Å². The van der Waals surface area contributed by atoms with Crippen molar-refractivity contribution in [3.8, 4) is 11.1 Å². The number of hydrogen-bond donors (Lipinski definition) is 2. The summed E-state index contributed by atoms with van der Waals surface area (Å²) in [5.74, 6) is -3.97. The average molecular weight is 569 g/mol. The van der Waals surface area contributed by atoms with Crippen LogP contribution in [0.3, 0.4) is 0 Å². The minimum atomic E-state index is -1.33. The lowest BCUT2D eigenvalue weighted by Gasteiger charge is -2.36. The van der Waals surface area contributed by atoms with Crippen molar-refractivity contribution < 1.29 is 32.7 Å². The Morgan fingerprint density at radius 2 is 1.85 bits per heavy atom. The van der Waals surface area contributed by atoms with E-state index in [4.69, 9.17) is 10.5 Å². The van der Waals surface area contributed by atoms with Crippen LogP contribution in [0.15, 0.2) is 30.3 Å². The highest BCUT2D eigenvalue weighted by molar-refractivity contribution is 6.01. The molecule has 41 heavy (non-hydrogen) atoms. The van der Waals surface area contributed by atoms with Crippen molar-refractivity contribution in [2.75, 3.05) is 11.9 Å². The molecule has 1 saturated heterocycles. The van der Waals surface area contributed by atoms with Crippen molar-refractivity contribution in [3.63, 3.8) is 0 Å². The van der Waals surface area contributed by atoms with Crippen molar-refractivity contribution >= 4 is 29.5 Å². The van der Waals surface area contributed by atoms with Crippen molar-refractivity contribution in [2.45, 2.75) is 76.6 Å². The van der Waals surface area contributed by atoms with Gasteiger partial charge in [0.1, 0.15) is 17.7 Å². The highest BCUT2D eigenvalue weighted by Crippen LogP contribution is 2.43. The third-order valence-corrected chi connectivity index (χ3v) is 8.18. The zero-order valence-corrected chi connectivity index (χ0v) is 23.5. The minimum Gasteiger partial charge on any atom is -0.444 e. The van der Waals surface area contributed by atoms with Gasteiger partial charge in [0.15, 0.2) is 11.6 Å². The molecule has 1 unspecified atom stereocenters. The van der Waals surface area contributed by atoms with Crippen LogP contribution in [-0.4, -0.2) is 59.5 Å². The molecule has 11 heteroatoms. The number of amides is 4. The number of nitrogens with two attached hydrogens (primary N) is 1. The molecule has 5 rings (SSSR count). The van der Waals surface area contributed by atoms with Gasteiger partial charge in [-0.05, 0) is 68.7 Å². The molecular formula is C30H34F2N4O5. The van der Waals surface area contributed by atoms with E-state index in [2.05, 4.69) is 5.32 Å². The van der Waals surface area contributed by atoms with Crippen molar-refractivity contribution in [1.29, 1.82) is 0 Å². The maximum Gasteiger partial charge on any atom is 0.411 e. The van der Waals surface area contributed by atoms with Crippen LogP contribution in [0.4, 0.5) is 19.3 Å². The van der Waals surface area contributed by atoms with Crippen LogP contribution in [0.25, 0.3) is 11.1 Å². The molecule has 9 nitrogen and oxygen atoms in total. The molecule has 3 N–H and O–H groups in total. The van der Waals surface area contributed by atoms with Crippen molar-refractivity contribution in [3.05, 3.63) is 53.1 Å². The van der Waals surface area contributed by atoms with E-state index < -0.39 is 47.2 Å². The van der Waals surface area contributed by atoms with Crippen LogP contribution in [0, 0.1) is 17.6 Å². The second-order valence-corrected chi connectivity index (χ2v) is 12.1. The highest BCUT2D eigenvalue weighted by Gasteiger charge is 2.52. The van der Waals surface area contributed by atoms with Crippen molar-refractivity contribution in [2.24, 2.45) is 11.7 Å². The van der Waals surface area contributed by atoms with Gasteiger partial charge >= 0.3 is 6.09 Å². The Labute approximate surface area is 237 Å². The van der Waals surface area contributed by atoms with Gasteiger partial charge in [0.2, 0.25) is 17.7 Å². The van der Waals surface area contributed by atoms with Crippen LogP contribution in [-0.2, 0) is 32.0 Å². The summed E-state index contributed by atoms with van der Waals surface area (Å²) in [4.78, 5) is 53.5. The van der Waals surface area contributed by atoms with Crippen LogP contribution >= 0.6 is 0 Å². The first-order valence-electron chi connectivity index (χ1n) is 13.7. The van der Waals surface area contributed by atoms with Gasteiger partial charge in [-0.15, -0.1) is 0 Å². The lowest BCUT2D eigenvalue weighted by Crippen LogP contribution is -2.57. The molecule has 0 spiro atoms. The number of hydrogen-bond acceptors (Lipinski definition) is 5. The largest absolute Gasteiger partial charge is 0.444 e. The third-order valence-electron chi connectivity index (χ3n) is 8.18. The number of benzene rings is 2. The first-order chi connectivity index (χ1) is 19.2. The SMILES string of the molecule is CN1C(=O)Cc2ccc(-c3ccc(C[C@H](NC(=O)[C@@H]4C5CC[C@H](C5)N4C(=O)OC(C)(C)C)C(N)=O)c(F)c3F)cc21. The summed E-state index contributed by atoms with van der Waals surface area (Å²) >= 11 is 0. The number of nitrogens with zero attached hydrogens (tertiary/aromatic N) is 2. The molecule has 0 radical (unpaired) electrons. The first-order valence-corrected chi connectivity index (χ1v) is 13.7. The number of ether oxygens (including phenoxy) is 1. The number of fused-ring (bicyclic) bond motifs is 3. The molecule has 2 bridgehead atoms. The number of piperidine rings is 1. The molecule has 0 aromatic heterocycles. The molecule has 3 aliphatic rings. The second-order valence-electron chi connectivity index (χ2n) is 12.1. The Morgan fingerprint density at radius 3 is 2.54 bits per heavy atom. The number of anilines is 1.